The minimum atomic E-state index is -0.890. The number of nitrogens with zero attached hydrogens (tertiary/aromatic N) is 1. The quantitative estimate of drug-likeness (QED) is 0.870. The molecule has 0 unspecified atom stereocenters. The van der Waals surface area contributed by atoms with E-state index in [1.807, 2.05) is 0 Å². The smallest absolute Gasteiger partial charge is 0.407 e. The summed E-state index contributed by atoms with van der Waals surface area (Å²) in [6.45, 7) is 1.67. The van der Waals surface area contributed by atoms with Gasteiger partial charge in [-0.3, -0.25) is 0 Å². The fraction of sp³-hybridized carbons (Fsp3) is 0.533. The van der Waals surface area contributed by atoms with Gasteiger partial charge in [0.25, 0.3) is 0 Å². The lowest BCUT2D eigenvalue weighted by molar-refractivity contribution is 0.124. The predicted octanol–water partition coefficient (Wildman–Crippen LogP) is 2.75. The summed E-state index contributed by atoms with van der Waals surface area (Å²) in [7, 11) is 0. The number of carbonyl (C=O) groups is 1. The van der Waals surface area contributed by atoms with Gasteiger partial charge in [-0.25, -0.2) is 9.18 Å². The highest BCUT2D eigenvalue weighted by atomic mass is 35.5. The summed E-state index contributed by atoms with van der Waals surface area (Å²) in [5.74, 6) is 0.367. The van der Waals surface area contributed by atoms with E-state index in [9.17, 15) is 9.18 Å². The van der Waals surface area contributed by atoms with Gasteiger partial charge in [0.1, 0.15) is 18.2 Å². The van der Waals surface area contributed by atoms with E-state index in [0.29, 0.717) is 44.0 Å². The molecular formula is C15H20ClFN2O3. The number of rotatable bonds is 5. The van der Waals surface area contributed by atoms with E-state index in [1.165, 1.54) is 17.0 Å². The Balaban J connectivity index is 2.07. The summed E-state index contributed by atoms with van der Waals surface area (Å²) >= 11 is 6.06. The maximum absolute atomic E-state index is 13.6. The molecule has 2 rings (SSSR count). The van der Waals surface area contributed by atoms with Crippen LogP contribution in [0.5, 0.6) is 5.75 Å². The van der Waals surface area contributed by atoms with E-state index in [0.717, 1.165) is 12.8 Å². The molecule has 1 aliphatic heterocycles. The van der Waals surface area contributed by atoms with E-state index in [2.05, 4.69) is 0 Å². The van der Waals surface area contributed by atoms with Gasteiger partial charge in [0.2, 0.25) is 0 Å². The Morgan fingerprint density at radius 1 is 1.45 bits per heavy atom. The van der Waals surface area contributed by atoms with Crippen molar-refractivity contribution in [3.05, 3.63) is 28.5 Å². The Kier molecular flexibility index (Phi) is 5.85. The van der Waals surface area contributed by atoms with Crippen LogP contribution in [-0.4, -0.2) is 42.3 Å². The Bertz CT molecular complexity index is 534. The molecule has 7 heteroatoms. The highest BCUT2D eigenvalue weighted by Crippen LogP contribution is 2.33. The van der Waals surface area contributed by atoms with Crippen LogP contribution in [0.1, 0.15) is 18.4 Å². The summed E-state index contributed by atoms with van der Waals surface area (Å²) in [5, 5.41) is 9.20. The number of halogens is 2. The van der Waals surface area contributed by atoms with E-state index >= 15 is 0 Å². The van der Waals surface area contributed by atoms with Gasteiger partial charge in [-0.1, -0.05) is 11.6 Å². The topological polar surface area (TPSA) is 75.8 Å². The van der Waals surface area contributed by atoms with Crippen molar-refractivity contribution in [1.82, 2.24) is 4.90 Å². The van der Waals surface area contributed by atoms with E-state index in [4.69, 9.17) is 27.2 Å². The Labute approximate surface area is 133 Å². The van der Waals surface area contributed by atoms with Crippen molar-refractivity contribution in [2.45, 2.75) is 19.3 Å². The van der Waals surface area contributed by atoms with Crippen molar-refractivity contribution in [2.75, 3.05) is 26.2 Å². The lowest BCUT2D eigenvalue weighted by Crippen LogP contribution is -2.37. The number of carboxylic acid groups (broad SMARTS) is 1. The first-order valence-electron chi connectivity index (χ1n) is 7.30. The van der Waals surface area contributed by atoms with E-state index in [-0.39, 0.29) is 10.9 Å². The summed E-state index contributed by atoms with van der Waals surface area (Å²) in [6.07, 6.45) is 1.22. The molecule has 0 bridgehead atoms. The van der Waals surface area contributed by atoms with Gasteiger partial charge in [0.15, 0.2) is 0 Å². The van der Waals surface area contributed by atoms with Crippen molar-refractivity contribution in [3.63, 3.8) is 0 Å². The molecule has 1 aliphatic rings. The van der Waals surface area contributed by atoms with Gasteiger partial charge in [-0.15, -0.1) is 0 Å². The number of piperidine rings is 1. The second-order valence-corrected chi connectivity index (χ2v) is 5.84. The van der Waals surface area contributed by atoms with Gasteiger partial charge in [0.05, 0.1) is 5.02 Å². The van der Waals surface area contributed by atoms with Crippen molar-refractivity contribution < 1.29 is 19.0 Å². The highest BCUT2D eigenvalue weighted by molar-refractivity contribution is 6.32. The van der Waals surface area contributed by atoms with Crippen LogP contribution in [0.2, 0.25) is 5.02 Å². The minimum Gasteiger partial charge on any atom is -0.490 e. The standard InChI is InChI=1S/C15H20ClFN2O3/c16-13-9-12(17)8-11(14(13)22-6-3-18)7-10-1-4-19(5-2-10)15(20)21/h8-10H,1-7,18H2,(H,20,21). The average Bonchev–Trinajstić information content (AvgIpc) is 2.47. The molecule has 1 heterocycles. The SMILES string of the molecule is NCCOc1c(Cl)cc(F)cc1CC1CCN(C(=O)O)CC1. The van der Waals surface area contributed by atoms with Crippen LogP contribution in [0.3, 0.4) is 0 Å². The zero-order valence-corrected chi connectivity index (χ0v) is 13.0. The molecule has 0 atom stereocenters. The molecule has 5 nitrogen and oxygen atoms in total. The van der Waals surface area contributed by atoms with Crippen LogP contribution in [0, 0.1) is 11.7 Å². The van der Waals surface area contributed by atoms with Gasteiger partial charge >= 0.3 is 6.09 Å². The normalized spacial score (nSPS) is 15.9. The zero-order chi connectivity index (χ0) is 16.1. The number of benzene rings is 1. The second-order valence-electron chi connectivity index (χ2n) is 5.43. The molecule has 0 saturated carbocycles. The molecule has 1 aromatic carbocycles. The Morgan fingerprint density at radius 3 is 2.73 bits per heavy atom. The predicted molar refractivity (Wildman–Crippen MR) is 82.0 cm³/mol. The van der Waals surface area contributed by atoms with Crippen molar-refractivity contribution in [1.29, 1.82) is 0 Å². The molecule has 1 saturated heterocycles. The van der Waals surface area contributed by atoms with Crippen LogP contribution in [0.25, 0.3) is 0 Å². The number of likely N-dealkylation sites (tertiary alicyclic amines) is 1. The molecule has 22 heavy (non-hydrogen) atoms. The summed E-state index contributed by atoms with van der Waals surface area (Å²) in [4.78, 5) is 12.3. The van der Waals surface area contributed by atoms with Crippen LogP contribution in [-0.2, 0) is 6.42 Å². The van der Waals surface area contributed by atoms with Gasteiger partial charge in [0, 0.05) is 19.6 Å². The Hall–Kier alpha value is -1.53. The fourth-order valence-corrected chi connectivity index (χ4v) is 3.01. The molecule has 0 radical (unpaired) electrons. The molecule has 122 valence electrons. The van der Waals surface area contributed by atoms with E-state index < -0.39 is 11.9 Å². The number of nitrogens with two attached hydrogens (primary N) is 1. The molecule has 0 aliphatic carbocycles. The van der Waals surface area contributed by atoms with E-state index in [1.54, 1.807) is 0 Å². The third kappa shape index (κ3) is 4.24. The molecule has 1 amide bonds. The fourth-order valence-electron chi connectivity index (χ4n) is 2.73. The summed E-state index contributed by atoms with van der Waals surface area (Å²) in [5.41, 5.74) is 6.15. The third-order valence-corrected chi connectivity index (χ3v) is 4.12. The average molecular weight is 331 g/mol. The number of amides is 1. The van der Waals surface area contributed by atoms with Crippen molar-refractivity contribution in [3.8, 4) is 5.75 Å². The number of hydrogen-bond donors (Lipinski definition) is 2. The second kappa shape index (κ2) is 7.65. The van der Waals surface area contributed by atoms with Crippen LogP contribution in [0.15, 0.2) is 12.1 Å². The molecule has 0 spiro atoms. The van der Waals surface area contributed by atoms with Gasteiger partial charge < -0.3 is 20.5 Å². The lowest BCUT2D eigenvalue weighted by atomic mass is 9.90. The lowest BCUT2D eigenvalue weighted by Gasteiger charge is -2.30. The van der Waals surface area contributed by atoms with Gasteiger partial charge in [-0.2, -0.15) is 0 Å². The van der Waals surface area contributed by atoms with Crippen LogP contribution >= 0.6 is 11.6 Å². The summed E-state index contributed by atoms with van der Waals surface area (Å²) in [6, 6.07) is 2.66. The van der Waals surface area contributed by atoms with Crippen LogP contribution in [0.4, 0.5) is 9.18 Å². The van der Waals surface area contributed by atoms with Crippen molar-refractivity contribution >= 4 is 17.7 Å². The molecular weight excluding hydrogens is 311 g/mol. The summed E-state index contributed by atoms with van der Waals surface area (Å²) < 4.78 is 19.1. The maximum atomic E-state index is 13.6. The first kappa shape index (κ1) is 16.8. The number of hydrogen-bond acceptors (Lipinski definition) is 3. The molecule has 0 aromatic heterocycles. The molecule has 1 fully saturated rings. The largest absolute Gasteiger partial charge is 0.490 e. The third-order valence-electron chi connectivity index (χ3n) is 3.84. The maximum Gasteiger partial charge on any atom is 0.407 e. The minimum absolute atomic E-state index is 0.242. The first-order chi connectivity index (χ1) is 10.5. The number of ether oxygens (including phenoxy) is 1. The van der Waals surface area contributed by atoms with Crippen LogP contribution < -0.4 is 10.5 Å². The Morgan fingerprint density at radius 2 is 2.14 bits per heavy atom. The first-order valence-corrected chi connectivity index (χ1v) is 7.67. The molecule has 1 aromatic rings. The van der Waals surface area contributed by atoms with Crippen molar-refractivity contribution in [2.24, 2.45) is 11.7 Å². The molecule has 3 N–H and O–H groups in total. The zero-order valence-electron chi connectivity index (χ0n) is 12.2. The van der Waals surface area contributed by atoms with Gasteiger partial charge in [-0.05, 0) is 42.9 Å². The highest BCUT2D eigenvalue weighted by Gasteiger charge is 2.24. The monoisotopic (exact) mass is 330 g/mol.